The predicted molar refractivity (Wildman–Crippen MR) is 82.4 cm³/mol. The Balaban J connectivity index is 2.34. The lowest BCUT2D eigenvalue weighted by atomic mass is 9.99. The van der Waals surface area contributed by atoms with Gasteiger partial charge in [-0.25, -0.2) is 13.1 Å². The Labute approximate surface area is 121 Å². The highest BCUT2D eigenvalue weighted by atomic mass is 32.2. The lowest BCUT2D eigenvalue weighted by molar-refractivity contribution is 0.450. The first-order valence-corrected chi connectivity index (χ1v) is 8.57. The predicted octanol–water partition coefficient (Wildman–Crippen LogP) is 1.95. The molecule has 1 saturated heterocycles. The zero-order chi connectivity index (χ0) is 14.8. The molecule has 1 aromatic rings. The summed E-state index contributed by atoms with van der Waals surface area (Å²) < 4.78 is 25.9. The van der Waals surface area contributed by atoms with Gasteiger partial charge in [-0.3, -0.25) is 0 Å². The molecular weight excluding hydrogens is 274 g/mol. The number of nitrogens with zero attached hydrogens (tertiary/aromatic N) is 1. The third-order valence-electron chi connectivity index (χ3n) is 3.99. The van der Waals surface area contributed by atoms with Crippen molar-refractivity contribution < 1.29 is 8.42 Å². The summed E-state index contributed by atoms with van der Waals surface area (Å²) in [4.78, 5) is 2.53. The van der Waals surface area contributed by atoms with E-state index in [1.165, 1.54) is 19.9 Å². The van der Waals surface area contributed by atoms with Gasteiger partial charge >= 0.3 is 0 Å². The molecule has 0 bridgehead atoms. The molecular formula is C14H23N3O2S. The molecule has 0 amide bonds. The summed E-state index contributed by atoms with van der Waals surface area (Å²) in [6.07, 6.45) is 4.66. The molecule has 0 spiro atoms. The summed E-state index contributed by atoms with van der Waals surface area (Å²) in [6.45, 7) is 3.17. The Bertz CT molecular complexity index is 572. The molecule has 20 heavy (non-hydrogen) atoms. The Morgan fingerprint density at radius 1 is 1.40 bits per heavy atom. The van der Waals surface area contributed by atoms with Crippen LogP contribution >= 0.6 is 0 Å². The van der Waals surface area contributed by atoms with Gasteiger partial charge in [0.1, 0.15) is 0 Å². The number of nitrogens with two attached hydrogens (primary N) is 1. The third kappa shape index (κ3) is 2.91. The molecule has 112 valence electrons. The number of sulfonamides is 1. The molecule has 1 aliphatic rings. The first-order chi connectivity index (χ1) is 9.49. The van der Waals surface area contributed by atoms with Gasteiger partial charge in [-0.1, -0.05) is 6.92 Å². The van der Waals surface area contributed by atoms with Crippen molar-refractivity contribution in [2.45, 2.75) is 43.5 Å². The van der Waals surface area contributed by atoms with Crippen LogP contribution in [0.1, 0.15) is 32.6 Å². The minimum Gasteiger partial charge on any atom is -0.397 e. The fourth-order valence-electron chi connectivity index (χ4n) is 2.82. The van der Waals surface area contributed by atoms with Gasteiger partial charge in [-0.2, -0.15) is 0 Å². The monoisotopic (exact) mass is 297 g/mol. The zero-order valence-corrected chi connectivity index (χ0v) is 12.9. The maximum absolute atomic E-state index is 11.8. The van der Waals surface area contributed by atoms with E-state index >= 15 is 0 Å². The van der Waals surface area contributed by atoms with Crippen LogP contribution in [0, 0.1) is 0 Å². The van der Waals surface area contributed by atoms with Crippen LogP contribution in [0.4, 0.5) is 11.4 Å². The average Bonchev–Trinajstić information content (AvgIpc) is 2.47. The number of hydrogen-bond donors (Lipinski definition) is 2. The van der Waals surface area contributed by atoms with Gasteiger partial charge < -0.3 is 10.6 Å². The average molecular weight is 297 g/mol. The van der Waals surface area contributed by atoms with E-state index in [4.69, 9.17) is 5.73 Å². The highest BCUT2D eigenvalue weighted by Crippen LogP contribution is 2.32. The van der Waals surface area contributed by atoms with E-state index in [1.54, 1.807) is 12.1 Å². The third-order valence-corrected chi connectivity index (χ3v) is 5.40. The fourth-order valence-corrected chi connectivity index (χ4v) is 3.59. The summed E-state index contributed by atoms with van der Waals surface area (Å²) in [5, 5.41) is 0. The van der Waals surface area contributed by atoms with Crippen molar-refractivity contribution in [3.05, 3.63) is 18.2 Å². The minimum absolute atomic E-state index is 0.214. The van der Waals surface area contributed by atoms with E-state index in [0.717, 1.165) is 25.1 Å². The smallest absolute Gasteiger partial charge is 0.240 e. The summed E-state index contributed by atoms with van der Waals surface area (Å²) in [5.74, 6) is 0. The largest absolute Gasteiger partial charge is 0.397 e. The topological polar surface area (TPSA) is 75.4 Å². The molecule has 1 aromatic carbocycles. The van der Waals surface area contributed by atoms with Crippen LogP contribution in [0.3, 0.4) is 0 Å². The van der Waals surface area contributed by atoms with Crippen molar-refractivity contribution in [3.8, 4) is 0 Å². The van der Waals surface area contributed by atoms with Crippen molar-refractivity contribution in [1.29, 1.82) is 0 Å². The molecule has 3 N–H and O–H groups in total. The highest BCUT2D eigenvalue weighted by molar-refractivity contribution is 7.89. The van der Waals surface area contributed by atoms with E-state index in [-0.39, 0.29) is 4.90 Å². The Kier molecular flexibility index (Phi) is 4.55. The Morgan fingerprint density at radius 2 is 2.15 bits per heavy atom. The minimum atomic E-state index is -3.44. The maximum atomic E-state index is 11.8. The van der Waals surface area contributed by atoms with Crippen molar-refractivity contribution in [1.82, 2.24) is 4.72 Å². The number of hydrogen-bond acceptors (Lipinski definition) is 4. The summed E-state index contributed by atoms with van der Waals surface area (Å²) in [7, 11) is -2.04. The normalized spacial score (nSPS) is 20.1. The number of piperidine rings is 1. The Hall–Kier alpha value is -1.27. The number of benzene rings is 1. The lowest BCUT2D eigenvalue weighted by Gasteiger charge is -2.37. The number of rotatable bonds is 4. The van der Waals surface area contributed by atoms with Crippen molar-refractivity contribution in [2.75, 3.05) is 24.2 Å². The number of nitrogens with one attached hydrogen (secondary N) is 1. The van der Waals surface area contributed by atoms with Crippen molar-refractivity contribution in [3.63, 3.8) is 0 Å². The zero-order valence-electron chi connectivity index (χ0n) is 12.1. The molecule has 0 saturated carbocycles. The second-order valence-electron chi connectivity index (χ2n) is 5.18. The van der Waals surface area contributed by atoms with E-state index in [2.05, 4.69) is 16.5 Å². The molecule has 6 heteroatoms. The number of nitrogen functional groups attached to an aromatic ring is 1. The van der Waals surface area contributed by atoms with Crippen LogP contribution < -0.4 is 15.4 Å². The lowest BCUT2D eigenvalue weighted by Crippen LogP contribution is -2.39. The van der Waals surface area contributed by atoms with Crippen LogP contribution in [0.25, 0.3) is 0 Å². The van der Waals surface area contributed by atoms with Crippen LogP contribution in [0.5, 0.6) is 0 Å². The quantitative estimate of drug-likeness (QED) is 0.833. The van der Waals surface area contributed by atoms with Crippen molar-refractivity contribution in [2.24, 2.45) is 0 Å². The highest BCUT2D eigenvalue weighted by Gasteiger charge is 2.23. The molecule has 1 atom stereocenters. The van der Waals surface area contributed by atoms with E-state index in [0.29, 0.717) is 11.7 Å². The van der Waals surface area contributed by atoms with Crippen LogP contribution in [0.15, 0.2) is 23.1 Å². The standard InChI is InChI=1S/C14H23N3O2S/c1-3-11-6-4-5-9-17(11)14-8-7-12(10-13(14)15)20(18,19)16-2/h7-8,10-11,16H,3-6,9,15H2,1-2H3. The van der Waals surface area contributed by atoms with Crippen LogP contribution in [0.2, 0.25) is 0 Å². The molecule has 1 aliphatic heterocycles. The van der Waals surface area contributed by atoms with Gasteiger partial charge in [0.25, 0.3) is 0 Å². The first-order valence-electron chi connectivity index (χ1n) is 7.09. The Morgan fingerprint density at radius 3 is 2.75 bits per heavy atom. The molecule has 5 nitrogen and oxygen atoms in total. The van der Waals surface area contributed by atoms with Gasteiger partial charge in [-0.15, -0.1) is 0 Å². The maximum Gasteiger partial charge on any atom is 0.240 e. The SMILES string of the molecule is CCC1CCCCN1c1ccc(S(=O)(=O)NC)cc1N. The molecule has 1 unspecified atom stereocenters. The molecule has 1 fully saturated rings. The van der Waals surface area contributed by atoms with Crippen molar-refractivity contribution >= 4 is 21.4 Å². The van der Waals surface area contributed by atoms with Gasteiger partial charge in [0.05, 0.1) is 16.3 Å². The molecule has 1 heterocycles. The first kappa shape index (κ1) is 15.1. The fraction of sp³-hybridized carbons (Fsp3) is 0.571. The van der Waals surface area contributed by atoms with E-state index in [1.807, 2.05) is 6.07 Å². The molecule has 0 aliphatic carbocycles. The molecule has 0 radical (unpaired) electrons. The van der Waals surface area contributed by atoms with Gasteiger partial charge in [0, 0.05) is 12.6 Å². The summed E-state index contributed by atoms with van der Waals surface area (Å²) in [6, 6.07) is 5.49. The summed E-state index contributed by atoms with van der Waals surface area (Å²) >= 11 is 0. The van der Waals surface area contributed by atoms with Crippen LogP contribution in [-0.4, -0.2) is 28.1 Å². The number of anilines is 2. The summed E-state index contributed by atoms with van der Waals surface area (Å²) in [5.41, 5.74) is 7.57. The van der Waals surface area contributed by atoms with E-state index < -0.39 is 10.0 Å². The molecule has 0 aromatic heterocycles. The van der Waals surface area contributed by atoms with Gasteiger partial charge in [0.2, 0.25) is 10.0 Å². The molecule has 2 rings (SSSR count). The van der Waals surface area contributed by atoms with Gasteiger partial charge in [0.15, 0.2) is 0 Å². The second-order valence-corrected chi connectivity index (χ2v) is 7.07. The van der Waals surface area contributed by atoms with Gasteiger partial charge in [-0.05, 0) is 50.9 Å². The second kappa shape index (κ2) is 6.01. The van der Waals surface area contributed by atoms with E-state index in [9.17, 15) is 8.42 Å². The van der Waals surface area contributed by atoms with Crippen LogP contribution in [-0.2, 0) is 10.0 Å².